The average molecular weight is 329 g/mol. The number of carboxylic acids is 1. The summed E-state index contributed by atoms with van der Waals surface area (Å²) in [7, 11) is 0. The van der Waals surface area contributed by atoms with Gasteiger partial charge >= 0.3 is 5.97 Å². The van der Waals surface area contributed by atoms with Crippen LogP contribution in [0.15, 0.2) is 0 Å². The van der Waals surface area contributed by atoms with Gasteiger partial charge in [0.1, 0.15) is 0 Å². The average Bonchev–Trinajstić information content (AvgIpc) is 2.54. The summed E-state index contributed by atoms with van der Waals surface area (Å²) in [5, 5.41) is 8.41. The summed E-state index contributed by atoms with van der Waals surface area (Å²) < 4.78 is 0. The van der Waals surface area contributed by atoms with Crippen LogP contribution in [-0.2, 0) is 4.79 Å². The van der Waals surface area contributed by atoms with Crippen LogP contribution in [0.3, 0.4) is 0 Å². The first kappa shape index (κ1) is 24.7. The molecule has 0 aromatic heterocycles. The predicted octanol–water partition coefficient (Wildman–Crippen LogP) is 7.75. The first-order valence-corrected chi connectivity index (χ1v) is 10.4. The Morgan fingerprint density at radius 1 is 0.522 bits per heavy atom. The van der Waals surface area contributed by atoms with Gasteiger partial charge in [0.25, 0.3) is 0 Å². The molecular weight excluding hydrogens is 284 g/mol. The van der Waals surface area contributed by atoms with Crippen molar-refractivity contribution < 1.29 is 9.90 Å². The van der Waals surface area contributed by atoms with Gasteiger partial charge in [0, 0.05) is 6.42 Å². The van der Waals surface area contributed by atoms with Gasteiger partial charge in [-0.25, -0.2) is 0 Å². The van der Waals surface area contributed by atoms with Crippen LogP contribution < -0.4 is 0 Å². The monoisotopic (exact) mass is 328 g/mol. The molecule has 0 unspecified atom stereocenters. The Hall–Kier alpha value is -0.530. The predicted molar refractivity (Wildman–Crippen MR) is 103 cm³/mol. The third kappa shape index (κ3) is 30.0. The summed E-state index contributed by atoms with van der Waals surface area (Å²) in [4.78, 5) is 10.2. The van der Waals surface area contributed by atoms with E-state index in [9.17, 15) is 4.79 Å². The molecular formula is C21H44O2. The Morgan fingerprint density at radius 3 is 1.04 bits per heavy atom. The Morgan fingerprint density at radius 2 is 0.783 bits per heavy atom. The maximum Gasteiger partial charge on any atom is 0.303 e. The van der Waals surface area contributed by atoms with E-state index in [2.05, 4.69) is 20.8 Å². The van der Waals surface area contributed by atoms with E-state index in [0.717, 1.165) is 12.8 Å². The van der Waals surface area contributed by atoms with Crippen LogP contribution >= 0.6 is 0 Å². The standard InChI is InChI=1S/C12H24O2.C9H20/c1-2-3-4-5-6-7-8-9-10-11-12(13)14;1-3-5-7-9-8-6-4-2/h2-11H2,1H3,(H,13,14);3-9H2,1-2H3. The molecule has 0 fully saturated rings. The molecule has 0 atom stereocenters. The highest BCUT2D eigenvalue weighted by Crippen LogP contribution is 2.10. The summed E-state index contributed by atoms with van der Waals surface area (Å²) in [5.74, 6) is -0.659. The molecule has 0 radical (unpaired) electrons. The first-order valence-electron chi connectivity index (χ1n) is 10.4. The Bertz CT molecular complexity index is 208. The molecule has 0 aromatic carbocycles. The lowest BCUT2D eigenvalue weighted by atomic mass is 10.1. The third-order valence-electron chi connectivity index (χ3n) is 4.20. The smallest absolute Gasteiger partial charge is 0.303 e. The second kappa shape index (κ2) is 23.7. The fraction of sp³-hybridized carbons (Fsp3) is 0.952. The van der Waals surface area contributed by atoms with Crippen LogP contribution in [0.4, 0.5) is 0 Å². The molecule has 0 saturated carbocycles. The van der Waals surface area contributed by atoms with Crippen molar-refractivity contribution in [2.24, 2.45) is 0 Å². The second-order valence-electron chi connectivity index (χ2n) is 6.74. The topological polar surface area (TPSA) is 37.3 Å². The lowest BCUT2D eigenvalue weighted by Crippen LogP contribution is -1.93. The van der Waals surface area contributed by atoms with Crippen molar-refractivity contribution in [3.8, 4) is 0 Å². The van der Waals surface area contributed by atoms with E-state index in [1.54, 1.807) is 0 Å². The molecule has 0 spiro atoms. The third-order valence-corrected chi connectivity index (χ3v) is 4.20. The van der Waals surface area contributed by atoms with E-state index in [4.69, 9.17) is 5.11 Å². The van der Waals surface area contributed by atoms with Crippen LogP contribution in [0.5, 0.6) is 0 Å². The minimum Gasteiger partial charge on any atom is -0.481 e. The molecule has 0 aliphatic heterocycles. The van der Waals surface area contributed by atoms with Gasteiger partial charge in [-0.2, -0.15) is 0 Å². The largest absolute Gasteiger partial charge is 0.481 e. The van der Waals surface area contributed by atoms with E-state index in [1.807, 2.05) is 0 Å². The minimum atomic E-state index is -0.659. The summed E-state index contributed by atoms with van der Waals surface area (Å²) in [5.41, 5.74) is 0. The Kier molecular flexibility index (Phi) is 25.5. The molecule has 0 heterocycles. The molecule has 2 nitrogen and oxygen atoms in total. The summed E-state index contributed by atoms with van der Waals surface area (Å²) in [6.07, 6.45) is 21.5. The SMILES string of the molecule is CCCCCCCCC.CCCCCCCCCCCC(=O)O. The van der Waals surface area contributed by atoms with Crippen molar-refractivity contribution in [3.05, 3.63) is 0 Å². The van der Waals surface area contributed by atoms with Gasteiger partial charge in [0.05, 0.1) is 0 Å². The van der Waals surface area contributed by atoms with Crippen molar-refractivity contribution >= 4 is 5.97 Å². The summed E-state index contributed by atoms with van der Waals surface area (Å²) >= 11 is 0. The molecule has 1 N–H and O–H groups in total. The maximum atomic E-state index is 10.2. The van der Waals surface area contributed by atoms with Gasteiger partial charge in [-0.15, -0.1) is 0 Å². The molecule has 0 bridgehead atoms. The van der Waals surface area contributed by atoms with Gasteiger partial charge < -0.3 is 5.11 Å². The van der Waals surface area contributed by atoms with E-state index in [0.29, 0.717) is 6.42 Å². The Labute approximate surface area is 146 Å². The van der Waals surface area contributed by atoms with E-state index in [-0.39, 0.29) is 0 Å². The quantitative estimate of drug-likeness (QED) is 0.294. The number of hydrogen-bond acceptors (Lipinski definition) is 1. The zero-order valence-corrected chi connectivity index (χ0v) is 16.4. The normalized spacial score (nSPS) is 10.2. The van der Waals surface area contributed by atoms with Crippen LogP contribution in [0, 0.1) is 0 Å². The first-order chi connectivity index (χ1) is 11.2. The second-order valence-corrected chi connectivity index (χ2v) is 6.74. The summed E-state index contributed by atoms with van der Waals surface area (Å²) in [6.45, 7) is 6.76. The van der Waals surface area contributed by atoms with Gasteiger partial charge in [-0.05, 0) is 6.42 Å². The van der Waals surface area contributed by atoms with Crippen molar-refractivity contribution in [1.82, 2.24) is 0 Å². The molecule has 140 valence electrons. The number of aliphatic carboxylic acids is 1. The summed E-state index contributed by atoms with van der Waals surface area (Å²) in [6, 6.07) is 0. The molecule has 0 aliphatic carbocycles. The van der Waals surface area contributed by atoms with E-state index < -0.39 is 5.97 Å². The highest BCUT2D eigenvalue weighted by Gasteiger charge is 1.96. The van der Waals surface area contributed by atoms with Crippen LogP contribution in [-0.4, -0.2) is 11.1 Å². The number of carboxylic acid groups (broad SMARTS) is 1. The van der Waals surface area contributed by atoms with Crippen LogP contribution in [0.2, 0.25) is 0 Å². The minimum absolute atomic E-state index is 0.343. The molecule has 23 heavy (non-hydrogen) atoms. The van der Waals surface area contributed by atoms with Crippen molar-refractivity contribution in [2.45, 2.75) is 130 Å². The lowest BCUT2D eigenvalue weighted by Gasteiger charge is -2.00. The van der Waals surface area contributed by atoms with Gasteiger partial charge in [-0.3, -0.25) is 4.79 Å². The molecule has 0 aliphatic rings. The molecule has 0 amide bonds. The highest BCUT2D eigenvalue weighted by atomic mass is 16.4. The number of unbranched alkanes of at least 4 members (excludes halogenated alkanes) is 14. The zero-order chi connectivity index (χ0) is 17.6. The number of hydrogen-bond donors (Lipinski definition) is 1. The lowest BCUT2D eigenvalue weighted by molar-refractivity contribution is -0.137. The van der Waals surface area contributed by atoms with Gasteiger partial charge in [-0.1, -0.05) is 117 Å². The molecule has 0 rings (SSSR count). The molecule has 0 aromatic rings. The van der Waals surface area contributed by atoms with E-state index >= 15 is 0 Å². The zero-order valence-electron chi connectivity index (χ0n) is 16.4. The fourth-order valence-corrected chi connectivity index (χ4v) is 2.62. The Balaban J connectivity index is 0. The van der Waals surface area contributed by atoms with Crippen LogP contribution in [0.25, 0.3) is 0 Å². The number of rotatable bonds is 16. The molecule has 0 saturated heterocycles. The number of carbonyl (C=O) groups is 1. The van der Waals surface area contributed by atoms with Gasteiger partial charge in [0.2, 0.25) is 0 Å². The van der Waals surface area contributed by atoms with E-state index in [1.165, 1.54) is 89.9 Å². The maximum absolute atomic E-state index is 10.2. The van der Waals surface area contributed by atoms with Crippen molar-refractivity contribution in [1.29, 1.82) is 0 Å². The van der Waals surface area contributed by atoms with Crippen LogP contribution in [0.1, 0.15) is 130 Å². The van der Waals surface area contributed by atoms with Crippen molar-refractivity contribution in [2.75, 3.05) is 0 Å². The molecule has 2 heteroatoms. The van der Waals surface area contributed by atoms with Crippen molar-refractivity contribution in [3.63, 3.8) is 0 Å². The van der Waals surface area contributed by atoms with Gasteiger partial charge in [0.15, 0.2) is 0 Å². The highest BCUT2D eigenvalue weighted by molar-refractivity contribution is 5.66. The fourth-order valence-electron chi connectivity index (χ4n) is 2.62.